The molecule has 0 radical (unpaired) electrons. The largest absolute Gasteiger partial charge is 0.508 e. The predicted molar refractivity (Wildman–Crippen MR) is 392 cm³/mol. The van der Waals surface area contributed by atoms with Gasteiger partial charge in [0.1, 0.15) is 55.3 Å². The van der Waals surface area contributed by atoms with Gasteiger partial charge >= 0.3 is 36.0 Å². The standard InChI is InChI=1S/C67H92N16O22S3/c1-32-9-7-11-45-46(26-47(33(2)23-38-30-106-35(4)74-38)105-52(89)27-48(84)67(5,6)55(91)34(3)54(32)90)83(45)19-20-103-66(102)104-21-22-107-108-31-44(63(100)101)77-50(86)24-43(62(98)99)80-58(93)40(10-8-18-71-64(68)69)78-59(94)42(25-51(87)88)76-49(85)17-16-41(61(96)97)79-57(92)36-12-14-37(15-13-36)72-28-39-29-73-56-53(75-39)60(95)82-65(70)81-56/h12-15,23,29-30,32,34,40-48,54,72,84,90H,7-11,16-22,24-28,31H2,1-6H3,(H,76,85)(H,77,86)(H,78,94)(H,79,92)(H,80,93)(H,87,88)(H,96,97)(H,98,99)(H,100,101)(H4,68,69,71)(H3,70,73,81,82,95)/b33-23-/t32-,34+,40-,41-,42-,43-,44-,45+,46-,47-,48-,54-,83?/m0/s1. The number of aliphatic hydroxyl groups is 2. The third-order valence-corrected chi connectivity index (χ3v) is 21.1. The molecule has 2 aliphatic heterocycles. The van der Waals surface area contributed by atoms with Crippen LogP contribution in [0.3, 0.4) is 0 Å². The van der Waals surface area contributed by atoms with Crippen LogP contribution in [-0.2, 0) is 68.7 Å². The lowest BCUT2D eigenvalue weighted by atomic mass is 9.73. The normalized spacial score (nSPS) is 20.9. The first kappa shape index (κ1) is 86.8. The molecule has 0 saturated carbocycles. The smallest absolute Gasteiger partial charge is 0.481 e. The van der Waals surface area contributed by atoms with Crippen LogP contribution in [0.25, 0.3) is 17.2 Å². The Morgan fingerprint density at radius 3 is 2.15 bits per heavy atom. The van der Waals surface area contributed by atoms with E-state index in [1.165, 1.54) is 41.8 Å². The number of guanidine groups is 1. The Balaban J connectivity index is 0.959. The first-order valence-electron chi connectivity index (χ1n) is 34.3. The molecule has 0 spiro atoms. The van der Waals surface area contributed by atoms with E-state index in [4.69, 9.17) is 31.1 Å². The van der Waals surface area contributed by atoms with Crippen molar-refractivity contribution in [2.45, 2.75) is 179 Å². The van der Waals surface area contributed by atoms with Gasteiger partial charge in [-0.1, -0.05) is 55.7 Å². The number of nitrogens with one attached hydrogen (secondary N) is 9. The molecular formula is C67H92N16O22S3. The molecule has 13 atom stereocenters. The number of Topliss-reactive ketones (excluding diaryl/α,β-unsaturated/α-hetero) is 1. The van der Waals surface area contributed by atoms with E-state index in [-0.39, 0.29) is 104 Å². The van der Waals surface area contributed by atoms with Crippen LogP contribution in [-0.4, -0.2) is 236 Å². The second-order valence-electron chi connectivity index (χ2n) is 26.5. The fourth-order valence-electron chi connectivity index (χ4n) is 11.7. The molecule has 0 bridgehead atoms. The van der Waals surface area contributed by atoms with E-state index < -0.39 is 169 Å². The van der Waals surface area contributed by atoms with E-state index in [1.807, 2.05) is 32.2 Å². The number of carboxylic acid groups (broad SMARTS) is 4. The van der Waals surface area contributed by atoms with Crippen molar-refractivity contribution >= 4 is 139 Å². The van der Waals surface area contributed by atoms with Crippen molar-refractivity contribution in [1.29, 1.82) is 5.41 Å². The van der Waals surface area contributed by atoms with Crippen LogP contribution in [0.5, 0.6) is 0 Å². The molecule has 19 N–H and O–H groups in total. The maximum atomic E-state index is 13.8. The second kappa shape index (κ2) is 41.3. The lowest BCUT2D eigenvalue weighted by Gasteiger charge is -2.34. The van der Waals surface area contributed by atoms with E-state index in [2.05, 4.69) is 67.0 Å². The highest BCUT2D eigenvalue weighted by atomic mass is 33.1. The van der Waals surface area contributed by atoms with Crippen molar-refractivity contribution in [3.63, 3.8) is 0 Å². The average Bonchev–Trinajstić information content (AvgIpc) is 1.61. The monoisotopic (exact) mass is 1570 g/mol. The number of cyclic esters (lactones) is 1. The number of aliphatic hydroxyl groups excluding tert-OH is 2. The van der Waals surface area contributed by atoms with E-state index >= 15 is 0 Å². The molecule has 6 rings (SSSR count). The van der Waals surface area contributed by atoms with Crippen LogP contribution in [0.4, 0.5) is 16.4 Å². The number of ketones is 1. The third kappa shape index (κ3) is 27.3. The summed E-state index contributed by atoms with van der Waals surface area (Å²) < 4.78 is 16.7. The molecule has 41 heteroatoms. The topological polar surface area (TPSA) is 601 Å². The summed E-state index contributed by atoms with van der Waals surface area (Å²) in [5.41, 5.74) is 11.2. The number of nitrogens with two attached hydrogens (primary N) is 2. The summed E-state index contributed by atoms with van der Waals surface area (Å²) in [5, 5.41) is 88.9. The van der Waals surface area contributed by atoms with Gasteiger partial charge in [0.05, 0.1) is 66.0 Å². The van der Waals surface area contributed by atoms with E-state index in [1.54, 1.807) is 20.8 Å². The number of aromatic nitrogens is 5. The van der Waals surface area contributed by atoms with Crippen molar-refractivity contribution in [2.75, 3.05) is 48.9 Å². The summed E-state index contributed by atoms with van der Waals surface area (Å²) >= 11 is 1.46. The number of H-pyrrole nitrogens is 1. The number of aromatic amines is 1. The highest BCUT2D eigenvalue weighted by Gasteiger charge is 2.49. The van der Waals surface area contributed by atoms with Crippen molar-refractivity contribution in [1.82, 2.24) is 61.7 Å². The maximum absolute atomic E-state index is 13.8. The molecule has 590 valence electrons. The Bertz CT molecular complexity index is 4000. The van der Waals surface area contributed by atoms with Gasteiger partial charge in [-0.05, 0) is 87.8 Å². The number of carbonyl (C=O) groups is 12. The number of aryl methyl sites for hydroxylation is 1. The number of rotatable bonds is 36. The minimum Gasteiger partial charge on any atom is -0.481 e. The minimum absolute atomic E-state index is 0.00226. The molecule has 3 aromatic heterocycles. The second-order valence-corrected chi connectivity index (χ2v) is 30.1. The molecule has 2 saturated heterocycles. The van der Waals surface area contributed by atoms with Crippen LogP contribution < -0.4 is 54.2 Å². The highest BCUT2D eigenvalue weighted by Crippen LogP contribution is 2.39. The molecule has 38 nitrogen and oxygen atoms in total. The molecule has 0 aliphatic carbocycles. The zero-order chi connectivity index (χ0) is 79.7. The molecule has 2 aliphatic rings. The number of carbonyl (C=O) groups excluding carboxylic acids is 8. The summed E-state index contributed by atoms with van der Waals surface area (Å²) in [6, 6.07) is -3.51. The number of nitrogen functional groups attached to an aromatic ring is 1. The van der Waals surface area contributed by atoms with Crippen LogP contribution >= 0.6 is 32.9 Å². The van der Waals surface area contributed by atoms with Crippen LogP contribution in [0.2, 0.25) is 0 Å². The van der Waals surface area contributed by atoms with Gasteiger partial charge in [0.15, 0.2) is 17.1 Å². The molecule has 108 heavy (non-hydrogen) atoms. The summed E-state index contributed by atoms with van der Waals surface area (Å²) in [4.78, 5) is 190. The van der Waals surface area contributed by atoms with Crippen LogP contribution in [0, 0.1) is 29.6 Å². The van der Waals surface area contributed by atoms with E-state index in [9.17, 15) is 93.0 Å². The van der Waals surface area contributed by atoms with Crippen molar-refractivity contribution < 1.29 is 102 Å². The number of ether oxygens (including phenoxy) is 3. The molecule has 4 aromatic rings. The molecule has 2 fully saturated rings. The van der Waals surface area contributed by atoms with E-state index in [0.717, 1.165) is 26.6 Å². The zero-order valence-corrected chi connectivity index (χ0v) is 62.5. The zero-order valence-electron chi connectivity index (χ0n) is 60.0. The summed E-state index contributed by atoms with van der Waals surface area (Å²) in [6.45, 7) is 10.2. The molecule has 5 heterocycles. The predicted octanol–water partition coefficient (Wildman–Crippen LogP) is 1.03. The quantitative estimate of drug-likeness (QED) is 0.00755. The number of amides is 5. The van der Waals surface area contributed by atoms with Gasteiger partial charge in [0.2, 0.25) is 29.6 Å². The molecule has 5 amide bonds. The number of nitrogens with zero attached hydrogens (tertiary/aromatic N) is 5. The summed E-state index contributed by atoms with van der Waals surface area (Å²) in [5.74, 6) is -15.1. The number of hydrogen-bond acceptors (Lipinski definition) is 29. The van der Waals surface area contributed by atoms with Gasteiger partial charge in [-0.2, -0.15) is 4.98 Å². The number of fused-ring (bicyclic) bond motifs is 2. The average molecular weight is 1570 g/mol. The highest BCUT2D eigenvalue weighted by molar-refractivity contribution is 8.76. The lowest BCUT2D eigenvalue weighted by molar-refractivity contribution is -0.155. The van der Waals surface area contributed by atoms with Gasteiger partial charge in [-0.15, -0.1) is 11.3 Å². The molecular weight excluding hydrogens is 1480 g/mol. The Labute approximate surface area is 630 Å². The molecule has 1 aromatic carbocycles. The fourth-order valence-corrected chi connectivity index (χ4v) is 14.3. The van der Waals surface area contributed by atoms with Gasteiger partial charge < -0.3 is 93.5 Å². The minimum atomic E-state index is -2.06. The fraction of sp³-hybridized carbons (Fsp3) is 0.552. The number of anilines is 2. The SMILES string of the molecule is C/C(=C/c1csc(C)n1)[C@@H]1C[C@H]2[C@@H](CCC[C@H](C)[C@H](O)[C@@H](C)C(=O)C(C)(C)[C@@H](O)CC(=O)O1)N2CCOC(=O)OCCSSC[C@H](NC(=O)C[C@H](NC(=O)[C@H](CCCNC(=N)N)NC(=O)[C@H](CC(=O)O)NC(=O)CC[C@H](NC(=O)c1ccc(NCc2cnc3nc(N)[nH]c(=O)c3n2)cc1)C(=O)O)C(=O)O)C(=O)O. The van der Waals surface area contributed by atoms with Crippen molar-refractivity contribution in [3.05, 3.63) is 73.7 Å². The maximum Gasteiger partial charge on any atom is 0.508 e. The number of esters is 1. The van der Waals surface area contributed by atoms with Gasteiger partial charge in [0, 0.05) is 72.1 Å². The first-order chi connectivity index (χ1) is 51.0. The van der Waals surface area contributed by atoms with Crippen molar-refractivity contribution in [3.8, 4) is 0 Å². The van der Waals surface area contributed by atoms with Crippen LogP contribution in [0.15, 0.2) is 46.2 Å². The number of aliphatic carboxylic acids is 4. The first-order valence-corrected chi connectivity index (χ1v) is 37.7. The Kier molecular flexibility index (Phi) is 33.2. The van der Waals surface area contributed by atoms with Gasteiger partial charge in [0.25, 0.3) is 11.5 Å². The Morgan fingerprint density at radius 1 is 0.824 bits per heavy atom. The van der Waals surface area contributed by atoms with Crippen molar-refractivity contribution in [2.24, 2.45) is 23.0 Å². The van der Waals surface area contributed by atoms with E-state index in [0.29, 0.717) is 48.3 Å². The molecule has 1 unspecified atom stereocenters. The summed E-state index contributed by atoms with van der Waals surface area (Å²) in [7, 11) is 2.01. The number of hydrogen-bond donors (Lipinski definition) is 17. The lowest BCUT2D eigenvalue weighted by Crippen LogP contribution is -2.57. The van der Waals surface area contributed by atoms with Crippen LogP contribution in [0.1, 0.15) is 132 Å². The number of thiazole rings is 1. The Morgan fingerprint density at radius 2 is 1.49 bits per heavy atom. The Hall–Kier alpha value is -10.1. The number of carboxylic acids is 4. The van der Waals surface area contributed by atoms with Gasteiger partial charge in [-0.25, -0.2) is 34.1 Å². The number of benzene rings is 1. The third-order valence-electron chi connectivity index (χ3n) is 17.9. The van der Waals surface area contributed by atoms with Gasteiger partial charge in [-0.3, -0.25) is 58.4 Å². The summed E-state index contributed by atoms with van der Waals surface area (Å²) in [6.07, 6.45) is -2.97.